The number of benzene rings is 2. The minimum atomic E-state index is 0.924. The molecular weight excluding hydrogens is 294 g/mol. The lowest BCUT2D eigenvalue weighted by Crippen LogP contribution is -2.25. The van der Waals surface area contributed by atoms with Gasteiger partial charge in [0.15, 0.2) is 0 Å². The third kappa shape index (κ3) is 2.68. The van der Waals surface area contributed by atoms with Crippen LogP contribution in [-0.4, -0.2) is 28.3 Å². The van der Waals surface area contributed by atoms with E-state index in [1.165, 1.54) is 28.0 Å². The summed E-state index contributed by atoms with van der Waals surface area (Å²) in [5, 5.41) is 4.86. The maximum Gasteiger partial charge on any atom is 0.0947 e. The van der Waals surface area contributed by atoms with Gasteiger partial charge in [-0.3, -0.25) is 9.58 Å². The van der Waals surface area contributed by atoms with Gasteiger partial charge < -0.3 is 0 Å². The van der Waals surface area contributed by atoms with Gasteiger partial charge >= 0.3 is 0 Å². The van der Waals surface area contributed by atoms with Crippen molar-refractivity contribution >= 4 is 11.6 Å². The van der Waals surface area contributed by atoms with Gasteiger partial charge in [0, 0.05) is 31.3 Å². The van der Waals surface area contributed by atoms with Crippen molar-refractivity contribution in [3.8, 4) is 11.3 Å². The molecule has 3 heteroatoms. The molecule has 0 saturated heterocycles. The summed E-state index contributed by atoms with van der Waals surface area (Å²) >= 11 is 0. The van der Waals surface area contributed by atoms with Gasteiger partial charge in [0.25, 0.3) is 0 Å². The normalized spacial score (nSPS) is 16.3. The molecule has 0 N–H and O–H groups in total. The average molecular weight is 315 g/mol. The summed E-state index contributed by atoms with van der Waals surface area (Å²) in [5.41, 5.74) is 7.40. The highest BCUT2D eigenvalue weighted by Gasteiger charge is 2.26. The van der Waals surface area contributed by atoms with Crippen LogP contribution in [0, 0.1) is 0 Å². The molecule has 0 spiro atoms. The van der Waals surface area contributed by atoms with Crippen LogP contribution >= 0.6 is 0 Å². The predicted octanol–water partition coefficient (Wildman–Crippen LogP) is 4.07. The van der Waals surface area contributed by atoms with Crippen molar-refractivity contribution in [3.63, 3.8) is 0 Å². The molecule has 0 unspecified atom stereocenters. The molecule has 2 aromatic carbocycles. The van der Waals surface area contributed by atoms with Crippen LogP contribution in [0.15, 0.2) is 60.7 Å². The first kappa shape index (κ1) is 14.9. The van der Waals surface area contributed by atoms with Crippen molar-refractivity contribution in [2.75, 3.05) is 13.6 Å². The van der Waals surface area contributed by atoms with Crippen LogP contribution in [0.3, 0.4) is 0 Å². The van der Waals surface area contributed by atoms with Crippen LogP contribution in [-0.2, 0) is 13.6 Å². The third-order valence-electron chi connectivity index (χ3n) is 4.51. The molecule has 1 aliphatic rings. The van der Waals surface area contributed by atoms with Gasteiger partial charge in [0.2, 0.25) is 0 Å². The molecule has 0 amide bonds. The Morgan fingerprint density at radius 1 is 0.875 bits per heavy atom. The van der Waals surface area contributed by atoms with Crippen molar-refractivity contribution in [1.29, 1.82) is 0 Å². The summed E-state index contributed by atoms with van der Waals surface area (Å²) in [6, 6.07) is 21.0. The van der Waals surface area contributed by atoms with E-state index in [0.717, 1.165) is 18.8 Å². The van der Waals surface area contributed by atoms with Gasteiger partial charge in [-0.25, -0.2) is 0 Å². The van der Waals surface area contributed by atoms with E-state index in [-0.39, 0.29) is 0 Å². The Kier molecular flexibility index (Phi) is 3.79. The Bertz CT molecular complexity index is 876. The molecule has 0 saturated carbocycles. The fourth-order valence-corrected chi connectivity index (χ4v) is 3.49. The van der Waals surface area contributed by atoms with E-state index in [0.29, 0.717) is 0 Å². The Hall–Kier alpha value is -2.65. The highest BCUT2D eigenvalue weighted by Crippen LogP contribution is 2.34. The zero-order chi connectivity index (χ0) is 16.5. The van der Waals surface area contributed by atoms with Gasteiger partial charge in [-0.05, 0) is 24.3 Å². The van der Waals surface area contributed by atoms with Crippen LogP contribution in [0.4, 0.5) is 0 Å². The molecule has 3 aromatic rings. The average Bonchev–Trinajstić information content (AvgIpc) is 2.93. The number of aryl methyl sites for hydroxylation is 1. The van der Waals surface area contributed by atoms with Gasteiger partial charge in [-0.2, -0.15) is 5.10 Å². The molecule has 24 heavy (non-hydrogen) atoms. The minimum absolute atomic E-state index is 0.924. The molecule has 2 heterocycles. The topological polar surface area (TPSA) is 21.1 Å². The SMILES string of the molecule is CN1C/C(=C\c2ccccc2)c2nn(C)c(-c3ccccc3)c2C1. The van der Waals surface area contributed by atoms with E-state index in [1.54, 1.807) is 0 Å². The molecule has 0 atom stereocenters. The number of rotatable bonds is 2. The van der Waals surface area contributed by atoms with E-state index < -0.39 is 0 Å². The summed E-state index contributed by atoms with van der Waals surface area (Å²) in [7, 11) is 4.21. The van der Waals surface area contributed by atoms with Crippen LogP contribution < -0.4 is 0 Å². The summed E-state index contributed by atoms with van der Waals surface area (Å²) in [4.78, 5) is 2.35. The number of hydrogen-bond acceptors (Lipinski definition) is 2. The zero-order valence-corrected chi connectivity index (χ0v) is 14.1. The van der Waals surface area contributed by atoms with Crippen molar-refractivity contribution in [2.45, 2.75) is 6.54 Å². The molecule has 120 valence electrons. The zero-order valence-electron chi connectivity index (χ0n) is 14.1. The standard InChI is InChI=1S/C21H21N3/c1-23-14-18(13-16-9-5-3-6-10-16)20-19(15-23)21(24(2)22-20)17-11-7-4-8-12-17/h3-13H,14-15H2,1-2H3/b18-13+. The third-order valence-corrected chi connectivity index (χ3v) is 4.51. The Morgan fingerprint density at radius 2 is 1.54 bits per heavy atom. The lowest BCUT2D eigenvalue weighted by Gasteiger charge is -2.25. The largest absolute Gasteiger partial charge is 0.298 e. The quantitative estimate of drug-likeness (QED) is 0.711. The van der Waals surface area contributed by atoms with E-state index in [4.69, 9.17) is 5.10 Å². The fourth-order valence-electron chi connectivity index (χ4n) is 3.49. The highest BCUT2D eigenvalue weighted by atomic mass is 15.3. The number of fused-ring (bicyclic) bond motifs is 1. The number of aromatic nitrogens is 2. The van der Waals surface area contributed by atoms with Gasteiger partial charge in [0.1, 0.15) is 0 Å². The molecule has 1 aliphatic heterocycles. The Labute approximate surface area is 142 Å². The van der Waals surface area contributed by atoms with E-state index >= 15 is 0 Å². The van der Waals surface area contributed by atoms with Gasteiger partial charge in [-0.15, -0.1) is 0 Å². The van der Waals surface area contributed by atoms with E-state index in [2.05, 4.69) is 78.7 Å². The monoisotopic (exact) mass is 315 g/mol. The first-order valence-corrected chi connectivity index (χ1v) is 8.28. The van der Waals surface area contributed by atoms with Gasteiger partial charge in [0.05, 0.1) is 11.4 Å². The molecule has 0 aliphatic carbocycles. The number of hydrogen-bond donors (Lipinski definition) is 0. The molecule has 3 nitrogen and oxygen atoms in total. The maximum absolute atomic E-state index is 4.86. The van der Waals surface area contributed by atoms with Crippen molar-refractivity contribution in [2.24, 2.45) is 7.05 Å². The predicted molar refractivity (Wildman–Crippen MR) is 99.3 cm³/mol. The van der Waals surface area contributed by atoms with Crippen LogP contribution in [0.2, 0.25) is 0 Å². The smallest absolute Gasteiger partial charge is 0.0947 e. The molecule has 1 aromatic heterocycles. The highest BCUT2D eigenvalue weighted by molar-refractivity contribution is 5.85. The second-order valence-electron chi connectivity index (χ2n) is 6.42. The maximum atomic E-state index is 4.86. The molecule has 0 radical (unpaired) electrons. The lowest BCUT2D eigenvalue weighted by atomic mass is 9.96. The van der Waals surface area contributed by atoms with Crippen molar-refractivity contribution < 1.29 is 0 Å². The molecule has 0 fully saturated rings. The molecule has 0 bridgehead atoms. The van der Waals surface area contributed by atoms with E-state index in [1.807, 2.05) is 11.7 Å². The summed E-state index contributed by atoms with van der Waals surface area (Å²) < 4.78 is 2.03. The lowest BCUT2D eigenvalue weighted by molar-refractivity contribution is 0.360. The summed E-state index contributed by atoms with van der Waals surface area (Å²) in [6.07, 6.45) is 2.26. The van der Waals surface area contributed by atoms with E-state index in [9.17, 15) is 0 Å². The first-order valence-electron chi connectivity index (χ1n) is 8.28. The number of nitrogens with zero attached hydrogens (tertiary/aromatic N) is 3. The van der Waals surface area contributed by atoms with Gasteiger partial charge in [-0.1, -0.05) is 60.7 Å². The second-order valence-corrected chi connectivity index (χ2v) is 6.42. The molecule has 4 rings (SSSR count). The number of likely N-dealkylation sites (N-methyl/N-ethyl adjacent to an activating group) is 1. The summed E-state index contributed by atoms with van der Waals surface area (Å²) in [5.74, 6) is 0. The Balaban J connectivity index is 1.86. The minimum Gasteiger partial charge on any atom is -0.298 e. The molecular formula is C21H21N3. The van der Waals surface area contributed by atoms with Crippen LogP contribution in [0.5, 0.6) is 0 Å². The van der Waals surface area contributed by atoms with Crippen LogP contribution in [0.1, 0.15) is 16.8 Å². The first-order chi connectivity index (χ1) is 11.7. The Morgan fingerprint density at radius 3 is 2.25 bits per heavy atom. The fraction of sp³-hybridized carbons (Fsp3) is 0.190. The summed E-state index contributed by atoms with van der Waals surface area (Å²) in [6.45, 7) is 1.85. The van der Waals surface area contributed by atoms with Crippen LogP contribution in [0.25, 0.3) is 22.9 Å². The van der Waals surface area contributed by atoms with Crippen molar-refractivity contribution in [3.05, 3.63) is 77.5 Å². The second kappa shape index (κ2) is 6.10. The van der Waals surface area contributed by atoms with Crippen molar-refractivity contribution in [1.82, 2.24) is 14.7 Å².